The fourth-order valence-electron chi connectivity index (χ4n) is 3.98. The van der Waals surface area contributed by atoms with Crippen molar-refractivity contribution >= 4 is 0 Å². The number of rotatable bonds is 2. The first-order valence-electron chi connectivity index (χ1n) is 7.08. The van der Waals surface area contributed by atoms with Crippen molar-refractivity contribution in [3.8, 4) is 0 Å². The van der Waals surface area contributed by atoms with Gasteiger partial charge in [0.1, 0.15) is 0 Å². The Bertz CT molecular complexity index is 251. The van der Waals surface area contributed by atoms with Crippen molar-refractivity contribution in [1.82, 2.24) is 5.32 Å². The Hall–Kier alpha value is -0.0800. The molecule has 2 unspecified atom stereocenters. The van der Waals surface area contributed by atoms with E-state index in [4.69, 9.17) is 4.74 Å². The minimum Gasteiger partial charge on any atom is -0.379 e. The maximum atomic E-state index is 5.54. The number of ether oxygens (including phenoxy) is 1. The summed E-state index contributed by atoms with van der Waals surface area (Å²) < 4.78 is 5.54. The van der Waals surface area contributed by atoms with E-state index in [1.807, 2.05) is 0 Å². The van der Waals surface area contributed by atoms with Crippen LogP contribution in [0.2, 0.25) is 0 Å². The molecule has 2 heteroatoms. The summed E-state index contributed by atoms with van der Waals surface area (Å²) in [6, 6.07) is 0.791. The standard InChI is InChI=1S/C14H25NO/c1-13(9-10-16-11-13)15-12-5-8-14(12)6-3-2-4-7-14/h12,15H,2-11H2,1H3. The van der Waals surface area contributed by atoms with Gasteiger partial charge in [-0.2, -0.15) is 0 Å². The predicted octanol–water partition coefficient (Wildman–Crippen LogP) is 2.87. The third-order valence-corrected chi connectivity index (χ3v) is 5.26. The summed E-state index contributed by atoms with van der Waals surface area (Å²) in [7, 11) is 0. The van der Waals surface area contributed by atoms with Crippen molar-refractivity contribution < 1.29 is 4.74 Å². The lowest BCUT2D eigenvalue weighted by Crippen LogP contribution is -2.61. The molecule has 0 aromatic rings. The van der Waals surface area contributed by atoms with Gasteiger partial charge in [-0.3, -0.25) is 0 Å². The zero-order valence-electron chi connectivity index (χ0n) is 10.6. The summed E-state index contributed by atoms with van der Waals surface area (Å²) in [6.45, 7) is 4.21. The topological polar surface area (TPSA) is 21.3 Å². The maximum Gasteiger partial charge on any atom is 0.0646 e. The van der Waals surface area contributed by atoms with E-state index in [0.717, 1.165) is 19.3 Å². The van der Waals surface area contributed by atoms with E-state index in [-0.39, 0.29) is 5.54 Å². The van der Waals surface area contributed by atoms with Crippen molar-refractivity contribution in [2.45, 2.75) is 69.9 Å². The van der Waals surface area contributed by atoms with E-state index in [2.05, 4.69) is 12.2 Å². The third-order valence-electron chi connectivity index (χ3n) is 5.26. The first-order chi connectivity index (χ1) is 7.73. The predicted molar refractivity (Wildman–Crippen MR) is 65.5 cm³/mol. The summed E-state index contributed by atoms with van der Waals surface area (Å²) in [6.07, 6.45) is 11.4. The number of hydrogen-bond donors (Lipinski definition) is 1. The van der Waals surface area contributed by atoms with Crippen LogP contribution >= 0.6 is 0 Å². The summed E-state index contributed by atoms with van der Waals surface area (Å²) in [4.78, 5) is 0. The summed E-state index contributed by atoms with van der Waals surface area (Å²) in [5.74, 6) is 0. The Morgan fingerprint density at radius 2 is 1.88 bits per heavy atom. The van der Waals surface area contributed by atoms with Crippen molar-refractivity contribution in [2.24, 2.45) is 5.41 Å². The van der Waals surface area contributed by atoms with Crippen LogP contribution in [0.3, 0.4) is 0 Å². The molecule has 0 amide bonds. The molecule has 2 aliphatic carbocycles. The summed E-state index contributed by atoms with van der Waals surface area (Å²) >= 11 is 0. The van der Waals surface area contributed by atoms with Crippen LogP contribution in [-0.4, -0.2) is 24.8 Å². The fourth-order valence-corrected chi connectivity index (χ4v) is 3.98. The van der Waals surface area contributed by atoms with Crippen LogP contribution in [0.4, 0.5) is 0 Å². The quantitative estimate of drug-likeness (QED) is 0.777. The minimum absolute atomic E-state index is 0.273. The second-order valence-corrected chi connectivity index (χ2v) is 6.52. The van der Waals surface area contributed by atoms with Crippen LogP contribution in [0.1, 0.15) is 58.3 Å². The average Bonchev–Trinajstić information content (AvgIpc) is 2.74. The molecule has 2 nitrogen and oxygen atoms in total. The molecule has 16 heavy (non-hydrogen) atoms. The molecule has 0 aromatic carbocycles. The van der Waals surface area contributed by atoms with Gasteiger partial charge in [0.2, 0.25) is 0 Å². The van der Waals surface area contributed by atoms with E-state index >= 15 is 0 Å². The first kappa shape index (κ1) is 11.0. The van der Waals surface area contributed by atoms with E-state index in [1.54, 1.807) is 0 Å². The summed E-state index contributed by atoms with van der Waals surface area (Å²) in [5, 5.41) is 3.93. The normalized spacial score (nSPS) is 42.2. The van der Waals surface area contributed by atoms with E-state index in [9.17, 15) is 0 Å². The van der Waals surface area contributed by atoms with Crippen LogP contribution in [-0.2, 0) is 4.74 Å². The van der Waals surface area contributed by atoms with Gasteiger partial charge in [0.25, 0.3) is 0 Å². The van der Waals surface area contributed by atoms with Crippen LogP contribution < -0.4 is 5.32 Å². The highest BCUT2D eigenvalue weighted by atomic mass is 16.5. The molecule has 0 aromatic heterocycles. The van der Waals surface area contributed by atoms with Crippen LogP contribution in [0, 0.1) is 5.41 Å². The lowest BCUT2D eigenvalue weighted by molar-refractivity contribution is 0.00378. The SMILES string of the molecule is CC1(NC2CCC23CCCCC3)CCOC1. The highest BCUT2D eigenvalue weighted by Crippen LogP contribution is 2.52. The fraction of sp³-hybridized carbons (Fsp3) is 1.00. The molecule has 1 N–H and O–H groups in total. The van der Waals surface area contributed by atoms with Gasteiger partial charge in [0.15, 0.2) is 0 Å². The van der Waals surface area contributed by atoms with Gasteiger partial charge in [-0.1, -0.05) is 19.3 Å². The molecule has 0 bridgehead atoms. The van der Waals surface area contributed by atoms with Gasteiger partial charge in [-0.05, 0) is 44.4 Å². The van der Waals surface area contributed by atoms with Crippen LogP contribution in [0.25, 0.3) is 0 Å². The van der Waals surface area contributed by atoms with E-state index < -0.39 is 0 Å². The van der Waals surface area contributed by atoms with Gasteiger partial charge in [-0.15, -0.1) is 0 Å². The Morgan fingerprint density at radius 1 is 1.06 bits per heavy atom. The Morgan fingerprint density at radius 3 is 2.44 bits per heavy atom. The highest BCUT2D eigenvalue weighted by molar-refractivity contribution is 5.05. The molecular weight excluding hydrogens is 198 g/mol. The largest absolute Gasteiger partial charge is 0.379 e. The van der Waals surface area contributed by atoms with Crippen LogP contribution in [0.5, 0.6) is 0 Å². The number of hydrogen-bond acceptors (Lipinski definition) is 2. The molecular formula is C14H25NO. The lowest BCUT2D eigenvalue weighted by Gasteiger charge is -2.54. The molecule has 3 aliphatic rings. The Balaban J connectivity index is 1.62. The first-order valence-corrected chi connectivity index (χ1v) is 7.08. The van der Waals surface area contributed by atoms with Gasteiger partial charge in [0.05, 0.1) is 6.61 Å². The van der Waals surface area contributed by atoms with Crippen molar-refractivity contribution in [2.75, 3.05) is 13.2 Å². The molecule has 0 radical (unpaired) electrons. The molecule has 92 valence electrons. The lowest BCUT2D eigenvalue weighted by atomic mass is 9.57. The van der Waals surface area contributed by atoms with Crippen LogP contribution in [0.15, 0.2) is 0 Å². The van der Waals surface area contributed by atoms with Gasteiger partial charge >= 0.3 is 0 Å². The van der Waals surface area contributed by atoms with E-state index in [1.165, 1.54) is 51.4 Å². The van der Waals surface area contributed by atoms with E-state index in [0.29, 0.717) is 5.41 Å². The van der Waals surface area contributed by atoms with Crippen molar-refractivity contribution in [1.29, 1.82) is 0 Å². The monoisotopic (exact) mass is 223 g/mol. The smallest absolute Gasteiger partial charge is 0.0646 e. The third kappa shape index (κ3) is 1.80. The molecule has 2 saturated carbocycles. The maximum absolute atomic E-state index is 5.54. The zero-order chi connectivity index (χ0) is 11.1. The van der Waals surface area contributed by atoms with Crippen molar-refractivity contribution in [3.63, 3.8) is 0 Å². The molecule has 1 saturated heterocycles. The van der Waals surface area contributed by atoms with Gasteiger partial charge in [0, 0.05) is 18.2 Å². The second kappa shape index (κ2) is 3.99. The van der Waals surface area contributed by atoms with Gasteiger partial charge < -0.3 is 10.1 Å². The summed E-state index contributed by atoms with van der Waals surface area (Å²) in [5.41, 5.74) is 0.958. The average molecular weight is 223 g/mol. The number of nitrogens with one attached hydrogen (secondary N) is 1. The molecule has 3 fully saturated rings. The molecule has 2 atom stereocenters. The highest BCUT2D eigenvalue weighted by Gasteiger charge is 2.49. The molecule has 1 heterocycles. The molecule has 1 spiro atoms. The minimum atomic E-state index is 0.273. The van der Waals surface area contributed by atoms with Crippen molar-refractivity contribution in [3.05, 3.63) is 0 Å². The van der Waals surface area contributed by atoms with Gasteiger partial charge in [-0.25, -0.2) is 0 Å². The Labute approximate surface area is 99.1 Å². The second-order valence-electron chi connectivity index (χ2n) is 6.52. The Kier molecular flexibility index (Phi) is 2.75. The zero-order valence-corrected chi connectivity index (χ0v) is 10.6. The molecule has 1 aliphatic heterocycles. The molecule has 3 rings (SSSR count).